The van der Waals surface area contributed by atoms with Crippen LogP contribution in [0, 0.1) is 0 Å². The second-order valence-corrected chi connectivity index (χ2v) is 5.03. The Labute approximate surface area is 112 Å². The molecule has 0 aliphatic carbocycles. The van der Waals surface area contributed by atoms with Gasteiger partial charge in [-0.05, 0) is 19.3 Å². The van der Waals surface area contributed by atoms with Crippen LogP contribution in [0.15, 0.2) is 0 Å². The number of methoxy groups -OCH3 is 1. The first-order valence-electron chi connectivity index (χ1n) is 7.45. The van der Waals surface area contributed by atoms with E-state index in [9.17, 15) is 9.90 Å². The molecule has 0 radical (unpaired) electrons. The van der Waals surface area contributed by atoms with Gasteiger partial charge in [0.25, 0.3) is 0 Å². The Balaban J connectivity index is 3.13. The van der Waals surface area contributed by atoms with Crippen molar-refractivity contribution in [3.8, 4) is 0 Å². The van der Waals surface area contributed by atoms with Gasteiger partial charge in [-0.15, -0.1) is 0 Å². The van der Waals surface area contributed by atoms with Crippen molar-refractivity contribution < 1.29 is 14.6 Å². The summed E-state index contributed by atoms with van der Waals surface area (Å²) in [5, 5.41) is 9.66. The summed E-state index contributed by atoms with van der Waals surface area (Å²) < 4.78 is 4.59. The maximum absolute atomic E-state index is 10.9. The number of aliphatic hydroxyl groups is 1. The highest BCUT2D eigenvalue weighted by molar-refractivity contribution is 5.68. The molecule has 0 bridgehead atoms. The molecule has 0 saturated carbocycles. The summed E-state index contributed by atoms with van der Waals surface area (Å²) in [5.74, 6) is -0.103. The fourth-order valence-corrected chi connectivity index (χ4v) is 2.04. The molecule has 0 fully saturated rings. The maximum Gasteiger partial charge on any atom is 0.305 e. The first-order chi connectivity index (χ1) is 8.70. The molecule has 1 atom stereocenters. The van der Waals surface area contributed by atoms with Crippen molar-refractivity contribution in [2.24, 2.45) is 0 Å². The fourth-order valence-electron chi connectivity index (χ4n) is 2.04. The van der Waals surface area contributed by atoms with Gasteiger partial charge in [0.2, 0.25) is 0 Å². The van der Waals surface area contributed by atoms with E-state index in [4.69, 9.17) is 0 Å². The summed E-state index contributed by atoms with van der Waals surface area (Å²) in [5.41, 5.74) is 0. The minimum absolute atomic E-state index is 0.0933. The Bertz CT molecular complexity index is 192. The fraction of sp³-hybridized carbons (Fsp3) is 0.933. The lowest BCUT2D eigenvalue weighted by atomic mass is 10.0. The van der Waals surface area contributed by atoms with Crippen LogP contribution in [0.5, 0.6) is 0 Å². The normalized spacial score (nSPS) is 12.4. The Hall–Kier alpha value is -0.570. The predicted molar refractivity (Wildman–Crippen MR) is 74.5 cm³/mol. The lowest BCUT2D eigenvalue weighted by molar-refractivity contribution is -0.140. The third-order valence-corrected chi connectivity index (χ3v) is 3.29. The Morgan fingerprint density at radius 1 is 1.00 bits per heavy atom. The van der Waals surface area contributed by atoms with Crippen LogP contribution < -0.4 is 0 Å². The van der Waals surface area contributed by atoms with Crippen molar-refractivity contribution in [3.05, 3.63) is 0 Å². The molecule has 0 unspecified atom stereocenters. The van der Waals surface area contributed by atoms with Gasteiger partial charge in [0, 0.05) is 6.42 Å². The zero-order chi connectivity index (χ0) is 13.6. The molecule has 3 nitrogen and oxygen atoms in total. The van der Waals surface area contributed by atoms with Gasteiger partial charge in [-0.1, -0.05) is 51.9 Å². The summed E-state index contributed by atoms with van der Waals surface area (Å²) in [4.78, 5) is 10.9. The molecule has 0 amide bonds. The average Bonchev–Trinajstić information content (AvgIpc) is 2.38. The number of esters is 1. The molecular formula is C15H30O3. The summed E-state index contributed by atoms with van der Waals surface area (Å²) in [6, 6.07) is 0. The largest absolute Gasteiger partial charge is 0.469 e. The molecule has 3 heteroatoms. The van der Waals surface area contributed by atoms with Crippen molar-refractivity contribution in [1.82, 2.24) is 0 Å². The van der Waals surface area contributed by atoms with Crippen LogP contribution in [-0.4, -0.2) is 24.3 Å². The van der Waals surface area contributed by atoms with Crippen LogP contribution in [0.1, 0.15) is 77.6 Å². The molecule has 108 valence electrons. The molecule has 0 saturated heterocycles. The lowest BCUT2D eigenvalue weighted by Gasteiger charge is -2.09. The van der Waals surface area contributed by atoms with Gasteiger partial charge in [0.05, 0.1) is 13.2 Å². The van der Waals surface area contributed by atoms with Gasteiger partial charge < -0.3 is 9.84 Å². The summed E-state index contributed by atoms with van der Waals surface area (Å²) >= 11 is 0. The predicted octanol–water partition coefficient (Wildman–Crippen LogP) is 3.83. The molecule has 1 N–H and O–H groups in total. The van der Waals surface area contributed by atoms with E-state index in [0.29, 0.717) is 6.42 Å². The van der Waals surface area contributed by atoms with Crippen molar-refractivity contribution in [3.63, 3.8) is 0 Å². The van der Waals surface area contributed by atoms with Crippen molar-refractivity contribution in [1.29, 1.82) is 0 Å². The minimum Gasteiger partial charge on any atom is -0.469 e. The Kier molecular flexibility index (Phi) is 12.5. The van der Waals surface area contributed by atoms with Crippen LogP contribution in [0.25, 0.3) is 0 Å². The number of carbonyl (C=O) groups excluding carboxylic acids is 1. The van der Waals surface area contributed by atoms with E-state index in [1.807, 2.05) is 0 Å². The van der Waals surface area contributed by atoms with Gasteiger partial charge in [-0.25, -0.2) is 0 Å². The van der Waals surface area contributed by atoms with Gasteiger partial charge >= 0.3 is 5.97 Å². The van der Waals surface area contributed by atoms with E-state index in [2.05, 4.69) is 11.7 Å². The van der Waals surface area contributed by atoms with Gasteiger partial charge in [-0.2, -0.15) is 0 Å². The second kappa shape index (κ2) is 12.9. The molecule has 0 aromatic rings. The molecular weight excluding hydrogens is 228 g/mol. The minimum atomic E-state index is -0.103. The third-order valence-electron chi connectivity index (χ3n) is 3.29. The summed E-state index contributed by atoms with van der Waals surface area (Å²) in [6.07, 6.45) is 11.4. The van der Waals surface area contributed by atoms with E-state index in [1.54, 1.807) is 0 Å². The molecule has 18 heavy (non-hydrogen) atoms. The molecule has 0 aliphatic heterocycles. The Morgan fingerprint density at radius 2 is 1.56 bits per heavy atom. The number of hydrogen-bond donors (Lipinski definition) is 1. The number of rotatable bonds is 12. The van der Waals surface area contributed by atoms with Crippen molar-refractivity contribution in [2.75, 3.05) is 7.11 Å². The van der Waals surface area contributed by atoms with Gasteiger partial charge in [0.1, 0.15) is 0 Å². The van der Waals surface area contributed by atoms with Crippen molar-refractivity contribution >= 4 is 5.97 Å². The number of aliphatic hydroxyl groups excluding tert-OH is 1. The van der Waals surface area contributed by atoms with Crippen LogP contribution in [0.3, 0.4) is 0 Å². The quantitative estimate of drug-likeness (QED) is 0.427. The van der Waals surface area contributed by atoms with Gasteiger partial charge in [-0.3, -0.25) is 4.79 Å². The maximum atomic E-state index is 10.9. The Morgan fingerprint density at radius 3 is 2.17 bits per heavy atom. The number of ether oxygens (including phenoxy) is 1. The van der Waals surface area contributed by atoms with Crippen molar-refractivity contribution in [2.45, 2.75) is 83.7 Å². The van der Waals surface area contributed by atoms with E-state index in [-0.39, 0.29) is 12.1 Å². The van der Waals surface area contributed by atoms with E-state index < -0.39 is 0 Å². The molecule has 0 rings (SSSR count). The lowest BCUT2D eigenvalue weighted by Crippen LogP contribution is -2.05. The van der Waals surface area contributed by atoms with Crippen LogP contribution in [0.4, 0.5) is 0 Å². The second-order valence-electron chi connectivity index (χ2n) is 5.03. The smallest absolute Gasteiger partial charge is 0.305 e. The third kappa shape index (κ3) is 11.9. The summed E-state index contributed by atoms with van der Waals surface area (Å²) in [7, 11) is 1.44. The standard InChI is InChI=1S/C15H30O3/c1-3-4-11-14(16)12-9-7-5-6-8-10-13-15(17)18-2/h14,16H,3-13H2,1-2H3/t14-/m0/s1. The highest BCUT2D eigenvalue weighted by Gasteiger charge is 2.03. The first-order valence-corrected chi connectivity index (χ1v) is 7.45. The molecule has 0 aliphatic rings. The van der Waals surface area contributed by atoms with E-state index in [0.717, 1.165) is 44.9 Å². The topological polar surface area (TPSA) is 46.5 Å². The van der Waals surface area contributed by atoms with Crippen LogP contribution in [-0.2, 0) is 9.53 Å². The average molecular weight is 258 g/mol. The molecule has 0 spiro atoms. The monoisotopic (exact) mass is 258 g/mol. The van der Waals surface area contributed by atoms with Crippen LogP contribution in [0.2, 0.25) is 0 Å². The first kappa shape index (κ1) is 17.4. The highest BCUT2D eigenvalue weighted by atomic mass is 16.5. The number of unbranched alkanes of at least 4 members (excludes halogenated alkanes) is 6. The molecule has 0 aromatic heterocycles. The van der Waals surface area contributed by atoms with E-state index >= 15 is 0 Å². The van der Waals surface area contributed by atoms with E-state index in [1.165, 1.54) is 26.4 Å². The van der Waals surface area contributed by atoms with Gasteiger partial charge in [0.15, 0.2) is 0 Å². The molecule has 0 aromatic carbocycles. The SMILES string of the molecule is CCCC[C@H](O)CCCCCCCCC(=O)OC. The molecule has 0 heterocycles. The van der Waals surface area contributed by atoms with Crippen LogP contribution >= 0.6 is 0 Å². The zero-order valence-electron chi connectivity index (χ0n) is 12.1. The zero-order valence-corrected chi connectivity index (χ0v) is 12.1. The highest BCUT2D eigenvalue weighted by Crippen LogP contribution is 2.12. The number of hydrogen-bond acceptors (Lipinski definition) is 3. The number of carbonyl (C=O) groups is 1. The summed E-state index contributed by atoms with van der Waals surface area (Å²) in [6.45, 7) is 2.15.